The van der Waals surface area contributed by atoms with Gasteiger partial charge in [0.15, 0.2) is 5.65 Å². The van der Waals surface area contributed by atoms with E-state index >= 15 is 0 Å². The van der Waals surface area contributed by atoms with Crippen LogP contribution >= 0.6 is 0 Å². The number of aliphatic hydroxyl groups is 1. The van der Waals surface area contributed by atoms with Crippen LogP contribution in [0.15, 0.2) is 18.3 Å². The third-order valence-electron chi connectivity index (χ3n) is 2.97. The van der Waals surface area contributed by atoms with Crippen LogP contribution in [0.25, 0.3) is 5.65 Å². The Morgan fingerprint density at radius 1 is 1.53 bits per heavy atom. The number of pyridine rings is 1. The fourth-order valence-electron chi connectivity index (χ4n) is 1.74. The molecule has 19 heavy (non-hydrogen) atoms. The number of nitrogens with one attached hydrogen (secondary N) is 1. The third-order valence-corrected chi connectivity index (χ3v) is 2.97. The number of fused-ring (bicyclic) bond motifs is 1. The summed E-state index contributed by atoms with van der Waals surface area (Å²) in [6.45, 7) is 4.68. The molecule has 0 aromatic carbocycles. The molecule has 0 aliphatic carbocycles. The molecule has 0 bridgehead atoms. The Hall–Kier alpha value is -1.66. The molecule has 0 spiro atoms. The van der Waals surface area contributed by atoms with Crippen molar-refractivity contribution >= 4 is 11.6 Å². The van der Waals surface area contributed by atoms with Gasteiger partial charge < -0.3 is 15.2 Å². The predicted octanol–water partition coefficient (Wildman–Crippen LogP) is 1.24. The number of anilines is 1. The maximum Gasteiger partial charge on any atom is 0.243 e. The van der Waals surface area contributed by atoms with Crippen LogP contribution in [0.3, 0.4) is 0 Å². The Bertz CT molecular complexity index is 551. The maximum absolute atomic E-state index is 10.1. The lowest BCUT2D eigenvalue weighted by Crippen LogP contribution is -2.34. The first kappa shape index (κ1) is 13.8. The van der Waals surface area contributed by atoms with E-state index in [4.69, 9.17) is 4.74 Å². The molecule has 2 aromatic rings. The first-order valence-corrected chi connectivity index (χ1v) is 6.28. The summed E-state index contributed by atoms with van der Waals surface area (Å²) >= 11 is 0. The molecule has 0 fully saturated rings. The van der Waals surface area contributed by atoms with Crippen LogP contribution in [0, 0.1) is 6.92 Å². The molecule has 2 N–H and O–H groups in total. The van der Waals surface area contributed by atoms with Gasteiger partial charge in [0.2, 0.25) is 5.95 Å². The first-order chi connectivity index (χ1) is 9.00. The second kappa shape index (κ2) is 5.54. The number of methoxy groups -OCH3 is 1. The number of aromatic nitrogens is 3. The maximum atomic E-state index is 10.1. The molecule has 0 amide bonds. The largest absolute Gasteiger partial charge is 0.388 e. The molecule has 0 aliphatic heterocycles. The average molecular weight is 264 g/mol. The van der Waals surface area contributed by atoms with Crippen LogP contribution in [0.5, 0.6) is 0 Å². The molecular formula is C13H20N4O2. The second-order valence-electron chi connectivity index (χ2n) is 5.04. The standard InChI is InChI=1S/C13H20N4O2/c1-10-4-6-17-11(8-10)15-12(16-17)14-9-13(2,18)5-7-19-3/h4,6,8,18H,5,7,9H2,1-3H3,(H,14,16). The highest BCUT2D eigenvalue weighted by molar-refractivity contribution is 5.45. The summed E-state index contributed by atoms with van der Waals surface area (Å²) < 4.78 is 6.68. The zero-order valence-corrected chi connectivity index (χ0v) is 11.6. The second-order valence-corrected chi connectivity index (χ2v) is 5.04. The third kappa shape index (κ3) is 3.65. The average Bonchev–Trinajstić information content (AvgIpc) is 2.76. The van der Waals surface area contributed by atoms with Crippen molar-refractivity contribution in [2.24, 2.45) is 0 Å². The van der Waals surface area contributed by atoms with Gasteiger partial charge in [0, 0.05) is 32.9 Å². The van der Waals surface area contributed by atoms with Crippen LogP contribution in [0.1, 0.15) is 18.9 Å². The Morgan fingerprint density at radius 3 is 3.05 bits per heavy atom. The Balaban J connectivity index is 2.01. The van der Waals surface area contributed by atoms with Crippen molar-refractivity contribution in [2.45, 2.75) is 25.9 Å². The van der Waals surface area contributed by atoms with E-state index in [-0.39, 0.29) is 0 Å². The van der Waals surface area contributed by atoms with Gasteiger partial charge in [-0.15, -0.1) is 5.10 Å². The highest BCUT2D eigenvalue weighted by Crippen LogP contribution is 2.12. The van der Waals surface area contributed by atoms with Crippen LogP contribution in [-0.4, -0.2) is 45.6 Å². The molecule has 0 aliphatic rings. The number of ether oxygens (including phenoxy) is 1. The monoisotopic (exact) mass is 264 g/mol. The summed E-state index contributed by atoms with van der Waals surface area (Å²) in [5, 5.41) is 17.5. The van der Waals surface area contributed by atoms with E-state index in [0.29, 0.717) is 25.5 Å². The van der Waals surface area contributed by atoms with E-state index in [1.54, 1.807) is 18.5 Å². The van der Waals surface area contributed by atoms with E-state index in [9.17, 15) is 5.11 Å². The van der Waals surface area contributed by atoms with E-state index in [2.05, 4.69) is 15.4 Å². The number of rotatable bonds is 6. The van der Waals surface area contributed by atoms with Gasteiger partial charge in [-0.25, -0.2) is 4.52 Å². The van der Waals surface area contributed by atoms with Gasteiger partial charge in [-0.3, -0.25) is 0 Å². The smallest absolute Gasteiger partial charge is 0.243 e. The van der Waals surface area contributed by atoms with Gasteiger partial charge in [0.25, 0.3) is 0 Å². The molecule has 0 saturated heterocycles. The van der Waals surface area contributed by atoms with Crippen LogP contribution in [0.2, 0.25) is 0 Å². The van der Waals surface area contributed by atoms with Gasteiger partial charge in [0.1, 0.15) is 0 Å². The minimum Gasteiger partial charge on any atom is -0.388 e. The quantitative estimate of drug-likeness (QED) is 0.821. The molecule has 6 nitrogen and oxygen atoms in total. The molecule has 6 heteroatoms. The number of hydrogen-bond donors (Lipinski definition) is 2. The molecule has 2 heterocycles. The van der Waals surface area contributed by atoms with Gasteiger partial charge in [-0.05, 0) is 31.5 Å². The fraction of sp³-hybridized carbons (Fsp3) is 0.538. The Kier molecular flexibility index (Phi) is 4.01. The van der Waals surface area contributed by atoms with Crippen molar-refractivity contribution < 1.29 is 9.84 Å². The summed E-state index contributed by atoms with van der Waals surface area (Å²) in [6.07, 6.45) is 2.43. The zero-order valence-electron chi connectivity index (χ0n) is 11.6. The lowest BCUT2D eigenvalue weighted by atomic mass is 10.0. The van der Waals surface area contributed by atoms with Gasteiger partial charge in [-0.2, -0.15) is 4.98 Å². The van der Waals surface area contributed by atoms with Gasteiger partial charge >= 0.3 is 0 Å². The molecule has 1 atom stereocenters. The van der Waals surface area contributed by atoms with Crippen LogP contribution in [-0.2, 0) is 4.74 Å². The van der Waals surface area contributed by atoms with E-state index in [0.717, 1.165) is 11.2 Å². The van der Waals surface area contributed by atoms with Crippen molar-refractivity contribution in [2.75, 3.05) is 25.6 Å². The minimum absolute atomic E-state index is 0.381. The van der Waals surface area contributed by atoms with Crippen LogP contribution in [0.4, 0.5) is 5.95 Å². The topological polar surface area (TPSA) is 71.7 Å². The van der Waals surface area contributed by atoms with Crippen molar-refractivity contribution in [3.05, 3.63) is 23.9 Å². The Morgan fingerprint density at radius 2 is 2.32 bits per heavy atom. The zero-order chi connectivity index (χ0) is 13.9. The molecule has 1 unspecified atom stereocenters. The summed E-state index contributed by atoms with van der Waals surface area (Å²) in [6, 6.07) is 3.93. The first-order valence-electron chi connectivity index (χ1n) is 6.28. The number of nitrogens with zero attached hydrogens (tertiary/aromatic N) is 3. The summed E-state index contributed by atoms with van der Waals surface area (Å²) in [5.74, 6) is 0.517. The van der Waals surface area contributed by atoms with Crippen molar-refractivity contribution in [3.63, 3.8) is 0 Å². The number of aryl methyl sites for hydroxylation is 1. The molecule has 2 rings (SSSR count). The highest BCUT2D eigenvalue weighted by atomic mass is 16.5. The molecular weight excluding hydrogens is 244 g/mol. The van der Waals surface area contributed by atoms with Gasteiger partial charge in [0.05, 0.1) is 5.60 Å². The minimum atomic E-state index is -0.844. The summed E-state index contributed by atoms with van der Waals surface area (Å²) in [4.78, 5) is 4.36. The molecule has 0 saturated carbocycles. The fourth-order valence-corrected chi connectivity index (χ4v) is 1.74. The SMILES string of the molecule is COCCC(C)(O)CNc1nc2cc(C)ccn2n1. The van der Waals surface area contributed by atoms with Crippen molar-refractivity contribution in [1.29, 1.82) is 0 Å². The lowest BCUT2D eigenvalue weighted by Gasteiger charge is -2.22. The van der Waals surface area contributed by atoms with Crippen LogP contribution < -0.4 is 5.32 Å². The summed E-state index contributed by atoms with van der Waals surface area (Å²) in [5.41, 5.74) is 1.08. The lowest BCUT2D eigenvalue weighted by molar-refractivity contribution is 0.0356. The summed E-state index contributed by atoms with van der Waals surface area (Å²) in [7, 11) is 1.62. The number of hydrogen-bond acceptors (Lipinski definition) is 5. The normalized spacial score (nSPS) is 14.5. The van der Waals surface area contributed by atoms with E-state index in [1.165, 1.54) is 0 Å². The molecule has 0 radical (unpaired) electrons. The van der Waals surface area contributed by atoms with Crippen molar-refractivity contribution in [1.82, 2.24) is 14.6 Å². The van der Waals surface area contributed by atoms with E-state index < -0.39 is 5.60 Å². The Labute approximate surface area is 112 Å². The molecule has 2 aromatic heterocycles. The van der Waals surface area contributed by atoms with Gasteiger partial charge in [-0.1, -0.05) is 0 Å². The molecule has 104 valence electrons. The highest BCUT2D eigenvalue weighted by Gasteiger charge is 2.20. The van der Waals surface area contributed by atoms with Crippen molar-refractivity contribution in [3.8, 4) is 0 Å². The predicted molar refractivity (Wildman–Crippen MR) is 73.3 cm³/mol. The van der Waals surface area contributed by atoms with E-state index in [1.807, 2.05) is 25.3 Å².